The summed E-state index contributed by atoms with van der Waals surface area (Å²) in [7, 11) is 1.59. The minimum Gasteiger partial charge on any atom is -0.497 e. The SMILES string of the molecule is COc1ccc(-c2nnc([C@H](C)OC(=O)c3cc(Cl)ccc3Cl)o2)cc1. The van der Waals surface area contributed by atoms with Crippen molar-refractivity contribution in [3.05, 3.63) is 64.0 Å². The Bertz CT molecular complexity index is 925. The third-order valence-electron chi connectivity index (χ3n) is 3.56. The van der Waals surface area contributed by atoms with E-state index >= 15 is 0 Å². The highest BCUT2D eigenvalue weighted by Gasteiger charge is 2.21. The molecule has 0 bridgehead atoms. The van der Waals surface area contributed by atoms with Gasteiger partial charge in [-0.2, -0.15) is 0 Å². The highest BCUT2D eigenvalue weighted by Crippen LogP contribution is 2.26. The van der Waals surface area contributed by atoms with E-state index in [9.17, 15) is 4.79 Å². The molecular weight excluding hydrogens is 379 g/mol. The normalized spacial score (nSPS) is 11.8. The third-order valence-corrected chi connectivity index (χ3v) is 4.12. The molecule has 26 heavy (non-hydrogen) atoms. The van der Waals surface area contributed by atoms with Crippen molar-refractivity contribution >= 4 is 29.2 Å². The molecule has 1 aromatic heterocycles. The summed E-state index contributed by atoms with van der Waals surface area (Å²) in [6.45, 7) is 1.63. The van der Waals surface area contributed by atoms with E-state index in [1.807, 2.05) is 0 Å². The fourth-order valence-electron chi connectivity index (χ4n) is 2.18. The van der Waals surface area contributed by atoms with Crippen LogP contribution in [0.15, 0.2) is 46.9 Å². The van der Waals surface area contributed by atoms with Crippen LogP contribution in [0.25, 0.3) is 11.5 Å². The molecule has 0 unspecified atom stereocenters. The number of halogens is 2. The summed E-state index contributed by atoms with van der Waals surface area (Å²) in [4.78, 5) is 12.3. The Morgan fingerprint density at radius 3 is 2.54 bits per heavy atom. The van der Waals surface area contributed by atoms with Gasteiger partial charge in [-0.3, -0.25) is 0 Å². The number of hydrogen-bond acceptors (Lipinski definition) is 6. The Morgan fingerprint density at radius 2 is 1.85 bits per heavy atom. The van der Waals surface area contributed by atoms with Crippen molar-refractivity contribution in [3.63, 3.8) is 0 Å². The number of ether oxygens (including phenoxy) is 2. The highest BCUT2D eigenvalue weighted by atomic mass is 35.5. The quantitative estimate of drug-likeness (QED) is 0.570. The van der Waals surface area contributed by atoms with E-state index in [-0.39, 0.29) is 16.5 Å². The van der Waals surface area contributed by atoms with Gasteiger partial charge in [-0.05, 0) is 49.4 Å². The number of benzene rings is 2. The summed E-state index contributed by atoms with van der Waals surface area (Å²) in [5.41, 5.74) is 0.891. The molecule has 3 rings (SSSR count). The van der Waals surface area contributed by atoms with Crippen molar-refractivity contribution in [2.24, 2.45) is 0 Å². The van der Waals surface area contributed by atoms with Gasteiger partial charge in [-0.15, -0.1) is 10.2 Å². The summed E-state index contributed by atoms with van der Waals surface area (Å²) in [6.07, 6.45) is -0.753. The molecule has 2 aromatic carbocycles. The zero-order valence-electron chi connectivity index (χ0n) is 13.9. The molecule has 1 heterocycles. The molecule has 0 saturated heterocycles. The average Bonchev–Trinajstić information content (AvgIpc) is 3.14. The van der Waals surface area contributed by atoms with Crippen LogP contribution in [0.4, 0.5) is 0 Å². The van der Waals surface area contributed by atoms with Crippen LogP contribution < -0.4 is 4.74 Å². The molecule has 0 radical (unpaired) electrons. The van der Waals surface area contributed by atoms with Crippen molar-refractivity contribution in [1.29, 1.82) is 0 Å². The fourth-order valence-corrected chi connectivity index (χ4v) is 2.54. The Kier molecular flexibility index (Phi) is 5.44. The molecule has 8 heteroatoms. The molecular formula is C18H14Cl2N2O4. The highest BCUT2D eigenvalue weighted by molar-refractivity contribution is 6.35. The minimum atomic E-state index is -0.753. The molecule has 3 aromatic rings. The molecule has 0 aliphatic heterocycles. The second kappa shape index (κ2) is 7.76. The number of rotatable bonds is 5. The van der Waals surface area contributed by atoms with Crippen LogP contribution in [0.2, 0.25) is 10.0 Å². The number of hydrogen-bond donors (Lipinski definition) is 0. The first kappa shape index (κ1) is 18.2. The fraction of sp³-hybridized carbons (Fsp3) is 0.167. The first-order valence-corrected chi connectivity index (χ1v) is 8.37. The van der Waals surface area contributed by atoms with Gasteiger partial charge in [0.15, 0.2) is 6.10 Å². The van der Waals surface area contributed by atoms with Gasteiger partial charge >= 0.3 is 5.97 Å². The number of esters is 1. The van der Waals surface area contributed by atoms with Crippen molar-refractivity contribution in [3.8, 4) is 17.2 Å². The maximum Gasteiger partial charge on any atom is 0.340 e. The lowest BCUT2D eigenvalue weighted by atomic mass is 10.2. The van der Waals surface area contributed by atoms with E-state index in [1.54, 1.807) is 44.4 Å². The zero-order valence-corrected chi connectivity index (χ0v) is 15.4. The van der Waals surface area contributed by atoms with Crippen LogP contribution in [-0.4, -0.2) is 23.3 Å². The number of carbonyl (C=O) groups excluding carboxylic acids is 1. The number of nitrogens with zero attached hydrogens (tertiary/aromatic N) is 2. The second-order valence-electron chi connectivity index (χ2n) is 5.35. The number of carbonyl (C=O) groups is 1. The van der Waals surface area contributed by atoms with E-state index < -0.39 is 12.1 Å². The largest absolute Gasteiger partial charge is 0.497 e. The molecule has 0 saturated carbocycles. The summed E-state index contributed by atoms with van der Waals surface area (Å²) in [5, 5.41) is 8.55. The summed E-state index contributed by atoms with van der Waals surface area (Å²) in [5.74, 6) is 0.567. The molecule has 0 aliphatic carbocycles. The Morgan fingerprint density at radius 1 is 1.12 bits per heavy atom. The van der Waals surface area contributed by atoms with Gasteiger partial charge in [0.25, 0.3) is 5.89 Å². The van der Waals surface area contributed by atoms with Crippen LogP contribution in [0.5, 0.6) is 5.75 Å². The maximum atomic E-state index is 12.3. The van der Waals surface area contributed by atoms with Gasteiger partial charge in [0.2, 0.25) is 5.89 Å². The molecule has 6 nitrogen and oxygen atoms in total. The third kappa shape index (κ3) is 3.98. The van der Waals surface area contributed by atoms with E-state index in [4.69, 9.17) is 37.1 Å². The predicted molar refractivity (Wildman–Crippen MR) is 96.6 cm³/mol. The smallest absolute Gasteiger partial charge is 0.340 e. The van der Waals surface area contributed by atoms with Gasteiger partial charge in [0.05, 0.1) is 17.7 Å². The molecule has 0 aliphatic rings. The Labute approximate surface area is 159 Å². The Balaban J connectivity index is 1.74. The first-order chi connectivity index (χ1) is 12.5. The van der Waals surface area contributed by atoms with Gasteiger partial charge in [0, 0.05) is 10.6 Å². The van der Waals surface area contributed by atoms with Gasteiger partial charge < -0.3 is 13.9 Å². The summed E-state index contributed by atoms with van der Waals surface area (Å²) < 4.78 is 16.1. The number of aromatic nitrogens is 2. The first-order valence-electron chi connectivity index (χ1n) is 7.62. The summed E-state index contributed by atoms with van der Waals surface area (Å²) >= 11 is 11.9. The van der Waals surface area contributed by atoms with E-state index in [0.717, 1.165) is 5.56 Å². The lowest BCUT2D eigenvalue weighted by Crippen LogP contribution is -2.10. The van der Waals surface area contributed by atoms with Gasteiger partial charge in [-0.1, -0.05) is 23.2 Å². The lowest BCUT2D eigenvalue weighted by Gasteiger charge is -2.10. The minimum absolute atomic E-state index is 0.168. The molecule has 0 fully saturated rings. The van der Waals surface area contributed by atoms with Crippen molar-refractivity contribution < 1.29 is 18.7 Å². The van der Waals surface area contributed by atoms with Crippen molar-refractivity contribution in [1.82, 2.24) is 10.2 Å². The average molecular weight is 393 g/mol. The topological polar surface area (TPSA) is 74.5 Å². The van der Waals surface area contributed by atoms with E-state index in [2.05, 4.69) is 10.2 Å². The van der Waals surface area contributed by atoms with E-state index in [1.165, 1.54) is 12.1 Å². The van der Waals surface area contributed by atoms with Crippen LogP contribution in [0, 0.1) is 0 Å². The molecule has 134 valence electrons. The summed E-state index contributed by atoms with van der Waals surface area (Å²) in [6, 6.07) is 11.7. The van der Waals surface area contributed by atoms with Gasteiger partial charge in [-0.25, -0.2) is 4.79 Å². The Hall–Kier alpha value is -2.57. The van der Waals surface area contributed by atoms with Crippen LogP contribution in [0.1, 0.15) is 29.3 Å². The number of methoxy groups -OCH3 is 1. The molecule has 0 amide bonds. The van der Waals surface area contributed by atoms with Crippen LogP contribution in [-0.2, 0) is 4.74 Å². The monoisotopic (exact) mass is 392 g/mol. The molecule has 0 N–H and O–H groups in total. The lowest BCUT2D eigenvalue weighted by molar-refractivity contribution is 0.0280. The van der Waals surface area contributed by atoms with Crippen molar-refractivity contribution in [2.45, 2.75) is 13.0 Å². The standard InChI is InChI=1S/C18H14Cl2N2O4/c1-10(25-18(23)14-9-12(19)5-8-15(14)20)16-21-22-17(26-16)11-3-6-13(24-2)7-4-11/h3-10H,1-2H3/t10-/m0/s1. The van der Waals surface area contributed by atoms with Crippen LogP contribution >= 0.6 is 23.2 Å². The van der Waals surface area contributed by atoms with E-state index in [0.29, 0.717) is 16.7 Å². The second-order valence-corrected chi connectivity index (χ2v) is 6.19. The molecule has 1 atom stereocenters. The maximum absolute atomic E-state index is 12.3. The van der Waals surface area contributed by atoms with Crippen molar-refractivity contribution in [2.75, 3.05) is 7.11 Å². The zero-order chi connectivity index (χ0) is 18.7. The predicted octanol–water partition coefficient (Wildman–Crippen LogP) is 4.97. The van der Waals surface area contributed by atoms with Gasteiger partial charge in [0.1, 0.15) is 5.75 Å². The van der Waals surface area contributed by atoms with Crippen LogP contribution in [0.3, 0.4) is 0 Å². The molecule has 0 spiro atoms.